The van der Waals surface area contributed by atoms with Gasteiger partial charge in [0.15, 0.2) is 11.2 Å². The molecule has 10 heteroatoms. The Bertz CT molecular complexity index is 1130. The minimum atomic E-state index is -0.398. The fourth-order valence-electron chi connectivity index (χ4n) is 4.90. The summed E-state index contributed by atoms with van der Waals surface area (Å²) in [6.45, 7) is 4.89. The summed E-state index contributed by atoms with van der Waals surface area (Å²) >= 11 is 0. The van der Waals surface area contributed by atoms with Gasteiger partial charge in [-0.3, -0.25) is 23.3 Å². The first-order chi connectivity index (χ1) is 15.4. The number of fused-ring (bicyclic) bond motifs is 1. The van der Waals surface area contributed by atoms with Crippen LogP contribution in [0.5, 0.6) is 6.01 Å². The number of carbonyl (C=O) groups excluding carboxylic acids is 1. The molecule has 0 unspecified atom stereocenters. The molecule has 0 atom stereocenters. The largest absolute Gasteiger partial charge is 0.461 e. The molecule has 0 N–H and O–H groups in total. The van der Waals surface area contributed by atoms with Crippen molar-refractivity contribution in [3.8, 4) is 6.01 Å². The van der Waals surface area contributed by atoms with Crippen LogP contribution in [0.2, 0.25) is 0 Å². The normalized spacial score (nSPS) is 20.4. The number of amides is 1. The lowest BCUT2D eigenvalue weighted by molar-refractivity contribution is -0.134. The summed E-state index contributed by atoms with van der Waals surface area (Å²) in [5, 5.41) is 0. The Morgan fingerprint density at radius 2 is 1.66 bits per heavy atom. The molecule has 174 valence electrons. The van der Waals surface area contributed by atoms with Gasteiger partial charge in [0, 0.05) is 59.0 Å². The van der Waals surface area contributed by atoms with Gasteiger partial charge in [0.2, 0.25) is 5.91 Å². The number of nitrogens with zero attached hydrogens (tertiary/aromatic N) is 6. The molecule has 3 aliphatic rings. The average Bonchev–Trinajstić information content (AvgIpc) is 3.40. The average molecular weight is 445 g/mol. The third-order valence-electron chi connectivity index (χ3n) is 7.10. The van der Waals surface area contributed by atoms with Crippen molar-refractivity contribution in [3.05, 3.63) is 20.8 Å². The van der Waals surface area contributed by atoms with Crippen molar-refractivity contribution in [2.75, 3.05) is 32.7 Å². The molecular weight excluding hydrogens is 412 g/mol. The number of likely N-dealkylation sites (tertiary alicyclic amines) is 2. The molecule has 3 fully saturated rings. The maximum atomic E-state index is 13.0. The van der Waals surface area contributed by atoms with Gasteiger partial charge in [-0.25, -0.2) is 4.79 Å². The summed E-state index contributed by atoms with van der Waals surface area (Å²) in [4.78, 5) is 46.7. The first kappa shape index (κ1) is 21.2. The van der Waals surface area contributed by atoms with Gasteiger partial charge in [-0.05, 0) is 38.8 Å². The molecule has 5 rings (SSSR count). The van der Waals surface area contributed by atoms with E-state index in [4.69, 9.17) is 4.74 Å². The Balaban J connectivity index is 1.41. The van der Waals surface area contributed by atoms with E-state index in [1.807, 2.05) is 9.47 Å². The number of hydrogen-bond acceptors (Lipinski definition) is 6. The van der Waals surface area contributed by atoms with Gasteiger partial charge in [-0.2, -0.15) is 4.98 Å². The fraction of sp³-hybridized carbons (Fsp3) is 0.727. The second-order valence-corrected chi connectivity index (χ2v) is 9.39. The van der Waals surface area contributed by atoms with Gasteiger partial charge in [-0.1, -0.05) is 0 Å². The van der Waals surface area contributed by atoms with E-state index in [0.717, 1.165) is 49.9 Å². The highest BCUT2D eigenvalue weighted by Crippen LogP contribution is 2.32. The molecule has 0 bridgehead atoms. The highest BCUT2D eigenvalue weighted by atomic mass is 16.5. The molecule has 10 nitrogen and oxygen atoms in total. The monoisotopic (exact) mass is 444 g/mol. The lowest BCUT2D eigenvalue weighted by Crippen LogP contribution is -2.42. The van der Waals surface area contributed by atoms with Crippen LogP contribution in [0.25, 0.3) is 11.2 Å². The summed E-state index contributed by atoms with van der Waals surface area (Å²) in [7, 11) is 3.13. The second-order valence-electron chi connectivity index (χ2n) is 9.39. The number of imidazole rings is 1. The van der Waals surface area contributed by atoms with Crippen molar-refractivity contribution in [2.45, 2.75) is 51.2 Å². The van der Waals surface area contributed by atoms with Crippen LogP contribution in [-0.4, -0.2) is 73.2 Å². The molecular formula is C22H32N6O4. The highest BCUT2D eigenvalue weighted by molar-refractivity contribution is 5.81. The lowest BCUT2D eigenvalue weighted by Gasteiger charge is -2.32. The van der Waals surface area contributed by atoms with Crippen LogP contribution in [0.15, 0.2) is 9.59 Å². The van der Waals surface area contributed by atoms with Gasteiger partial charge >= 0.3 is 5.69 Å². The van der Waals surface area contributed by atoms with Gasteiger partial charge < -0.3 is 14.5 Å². The van der Waals surface area contributed by atoms with Crippen molar-refractivity contribution in [2.24, 2.45) is 20.0 Å². The van der Waals surface area contributed by atoms with Crippen LogP contribution in [0.1, 0.15) is 38.5 Å². The molecule has 0 radical (unpaired) electrons. The Hall–Kier alpha value is -2.62. The highest BCUT2D eigenvalue weighted by Gasteiger charge is 2.35. The Morgan fingerprint density at radius 1 is 0.969 bits per heavy atom. The molecule has 2 aromatic heterocycles. The van der Waals surface area contributed by atoms with E-state index in [1.165, 1.54) is 24.5 Å². The second kappa shape index (κ2) is 8.38. The number of hydrogen-bond donors (Lipinski definition) is 0. The van der Waals surface area contributed by atoms with Crippen molar-refractivity contribution in [1.82, 2.24) is 28.5 Å². The van der Waals surface area contributed by atoms with Crippen molar-refractivity contribution >= 4 is 17.1 Å². The molecule has 32 heavy (non-hydrogen) atoms. The van der Waals surface area contributed by atoms with Gasteiger partial charge in [-0.15, -0.1) is 0 Å². The molecule has 2 saturated heterocycles. The first-order valence-electron chi connectivity index (χ1n) is 11.8. The number of aromatic nitrogens is 4. The summed E-state index contributed by atoms with van der Waals surface area (Å²) in [5.74, 6) is 0.513. The molecule has 4 heterocycles. The third-order valence-corrected chi connectivity index (χ3v) is 7.10. The zero-order valence-corrected chi connectivity index (χ0v) is 19.0. The van der Waals surface area contributed by atoms with E-state index in [0.29, 0.717) is 36.8 Å². The number of carbonyl (C=O) groups is 1. The summed E-state index contributed by atoms with van der Waals surface area (Å²) in [6, 6.07) is 0.393. The fourth-order valence-corrected chi connectivity index (χ4v) is 4.90. The van der Waals surface area contributed by atoms with Gasteiger partial charge in [0.1, 0.15) is 6.10 Å². The molecule has 2 aliphatic heterocycles. The van der Waals surface area contributed by atoms with Crippen LogP contribution in [0.4, 0.5) is 0 Å². The number of piperidine rings is 1. The van der Waals surface area contributed by atoms with Crippen LogP contribution in [0.3, 0.4) is 0 Å². The molecule has 2 aromatic rings. The lowest BCUT2D eigenvalue weighted by atomic mass is 10.1. The number of ether oxygens (including phenoxy) is 1. The smallest absolute Gasteiger partial charge is 0.332 e. The maximum absolute atomic E-state index is 13.0. The van der Waals surface area contributed by atoms with E-state index < -0.39 is 5.69 Å². The Labute approximate surface area is 186 Å². The number of rotatable bonds is 6. The summed E-state index contributed by atoms with van der Waals surface area (Å²) < 4.78 is 10.7. The predicted molar refractivity (Wildman–Crippen MR) is 119 cm³/mol. The third kappa shape index (κ3) is 3.85. The van der Waals surface area contributed by atoms with E-state index in [1.54, 1.807) is 7.05 Å². The summed E-state index contributed by atoms with van der Waals surface area (Å²) in [5.41, 5.74) is 0.0165. The van der Waals surface area contributed by atoms with Crippen molar-refractivity contribution < 1.29 is 9.53 Å². The Kier molecular flexibility index (Phi) is 5.56. The summed E-state index contributed by atoms with van der Waals surface area (Å²) in [6.07, 6.45) is 5.84. The maximum Gasteiger partial charge on any atom is 0.332 e. The molecule has 0 spiro atoms. The predicted octanol–water partition coefficient (Wildman–Crippen LogP) is 0.309. The van der Waals surface area contributed by atoms with Crippen LogP contribution >= 0.6 is 0 Å². The van der Waals surface area contributed by atoms with Crippen LogP contribution in [-0.2, 0) is 25.4 Å². The quantitative estimate of drug-likeness (QED) is 0.637. The van der Waals surface area contributed by atoms with Crippen LogP contribution < -0.4 is 16.0 Å². The van der Waals surface area contributed by atoms with Crippen molar-refractivity contribution in [3.63, 3.8) is 0 Å². The zero-order chi connectivity index (χ0) is 22.4. The minimum Gasteiger partial charge on any atom is -0.461 e. The minimum absolute atomic E-state index is 0.0681. The zero-order valence-electron chi connectivity index (χ0n) is 19.0. The van der Waals surface area contributed by atoms with Crippen molar-refractivity contribution in [1.29, 1.82) is 0 Å². The van der Waals surface area contributed by atoms with E-state index >= 15 is 0 Å². The molecule has 1 aliphatic carbocycles. The number of aryl methyl sites for hydroxylation is 1. The van der Waals surface area contributed by atoms with Gasteiger partial charge in [0.05, 0.1) is 0 Å². The SMILES string of the molecule is Cn1c(=O)c2c(nc(OC3CCN(C(=O)C4CC4)CC3)n2CCN2CCCC2)n(C)c1=O. The molecule has 0 aromatic carbocycles. The topological polar surface area (TPSA) is 94.6 Å². The van der Waals surface area contributed by atoms with E-state index in [2.05, 4.69) is 9.88 Å². The molecule has 1 amide bonds. The van der Waals surface area contributed by atoms with Gasteiger partial charge in [0.25, 0.3) is 11.6 Å². The van der Waals surface area contributed by atoms with E-state index in [9.17, 15) is 14.4 Å². The Morgan fingerprint density at radius 3 is 2.31 bits per heavy atom. The standard InChI is InChI=1S/C22H32N6O4/c1-24-18-17(20(30)25(2)22(24)31)28(14-13-26-9-3-4-10-26)21(23-18)32-16-7-11-27(12-8-16)19(29)15-5-6-15/h15-16H,3-14H2,1-2H3. The van der Waals surface area contributed by atoms with Crippen LogP contribution in [0, 0.1) is 5.92 Å². The van der Waals surface area contributed by atoms with E-state index in [-0.39, 0.29) is 23.5 Å². The first-order valence-corrected chi connectivity index (χ1v) is 11.8. The molecule has 1 saturated carbocycles.